The van der Waals surface area contributed by atoms with Gasteiger partial charge in [-0.05, 0) is 12.1 Å². The SMILES string of the molecule is O=Cc1cnc(C(F)(F)F)n1-c1ccc([N+](=O)[O-])cc1. The predicted octanol–water partition coefficient (Wildman–Crippen LogP) is 2.61. The maximum absolute atomic E-state index is 12.8. The highest BCUT2D eigenvalue weighted by molar-refractivity contribution is 5.73. The van der Waals surface area contributed by atoms with Gasteiger partial charge in [-0.1, -0.05) is 0 Å². The molecule has 104 valence electrons. The van der Waals surface area contributed by atoms with E-state index in [1.807, 2.05) is 0 Å². The molecule has 0 saturated carbocycles. The number of aldehydes is 1. The number of alkyl halides is 3. The molecule has 0 fully saturated rings. The van der Waals surface area contributed by atoms with Crippen LogP contribution in [-0.2, 0) is 6.18 Å². The molecular formula is C11H6F3N3O3. The van der Waals surface area contributed by atoms with Crippen molar-refractivity contribution < 1.29 is 22.9 Å². The van der Waals surface area contributed by atoms with Crippen LogP contribution in [-0.4, -0.2) is 20.8 Å². The minimum Gasteiger partial charge on any atom is -0.296 e. The summed E-state index contributed by atoms with van der Waals surface area (Å²) in [5, 5.41) is 10.5. The Balaban J connectivity index is 2.59. The molecule has 0 amide bonds. The second-order valence-electron chi connectivity index (χ2n) is 3.73. The van der Waals surface area contributed by atoms with Gasteiger partial charge >= 0.3 is 6.18 Å². The van der Waals surface area contributed by atoms with E-state index < -0.39 is 16.9 Å². The second kappa shape index (κ2) is 4.76. The van der Waals surface area contributed by atoms with E-state index in [2.05, 4.69) is 4.98 Å². The molecule has 9 heteroatoms. The van der Waals surface area contributed by atoms with Gasteiger partial charge in [0, 0.05) is 17.8 Å². The summed E-state index contributed by atoms with van der Waals surface area (Å²) in [7, 11) is 0. The van der Waals surface area contributed by atoms with Gasteiger partial charge in [-0.25, -0.2) is 4.98 Å². The van der Waals surface area contributed by atoms with E-state index >= 15 is 0 Å². The highest BCUT2D eigenvalue weighted by atomic mass is 19.4. The zero-order valence-electron chi connectivity index (χ0n) is 9.66. The van der Waals surface area contributed by atoms with Crippen molar-refractivity contribution in [3.05, 3.63) is 52.1 Å². The number of carbonyl (C=O) groups excluding carboxylic acids is 1. The van der Waals surface area contributed by atoms with Gasteiger partial charge in [-0.3, -0.25) is 19.5 Å². The molecule has 0 aliphatic heterocycles. The monoisotopic (exact) mass is 285 g/mol. The number of nitro benzene ring substituents is 1. The van der Waals surface area contributed by atoms with Crippen molar-refractivity contribution >= 4 is 12.0 Å². The van der Waals surface area contributed by atoms with E-state index in [9.17, 15) is 28.1 Å². The zero-order valence-corrected chi connectivity index (χ0v) is 9.66. The molecule has 0 bridgehead atoms. The molecule has 0 spiro atoms. The van der Waals surface area contributed by atoms with Crippen molar-refractivity contribution in [2.24, 2.45) is 0 Å². The van der Waals surface area contributed by atoms with Gasteiger partial charge in [0.05, 0.1) is 11.1 Å². The summed E-state index contributed by atoms with van der Waals surface area (Å²) in [6, 6.07) is 4.32. The third kappa shape index (κ3) is 2.37. The second-order valence-corrected chi connectivity index (χ2v) is 3.73. The summed E-state index contributed by atoms with van der Waals surface area (Å²) in [6.07, 6.45) is -3.73. The van der Waals surface area contributed by atoms with E-state index in [1.165, 1.54) is 0 Å². The number of imidazole rings is 1. The highest BCUT2D eigenvalue weighted by Gasteiger charge is 2.37. The fourth-order valence-corrected chi connectivity index (χ4v) is 1.64. The molecule has 0 aliphatic carbocycles. The number of non-ortho nitro benzene ring substituents is 1. The Morgan fingerprint density at radius 3 is 2.30 bits per heavy atom. The van der Waals surface area contributed by atoms with Crippen LogP contribution in [0.4, 0.5) is 18.9 Å². The number of nitro groups is 1. The first-order valence-corrected chi connectivity index (χ1v) is 5.19. The van der Waals surface area contributed by atoms with Crippen LogP contribution in [0.15, 0.2) is 30.5 Å². The Kier molecular flexibility index (Phi) is 3.26. The lowest BCUT2D eigenvalue weighted by Crippen LogP contribution is -2.15. The van der Waals surface area contributed by atoms with E-state index in [4.69, 9.17) is 0 Å². The first kappa shape index (κ1) is 13.7. The van der Waals surface area contributed by atoms with Crippen LogP contribution < -0.4 is 0 Å². The summed E-state index contributed by atoms with van der Waals surface area (Å²) in [6.45, 7) is 0. The Morgan fingerprint density at radius 1 is 1.25 bits per heavy atom. The van der Waals surface area contributed by atoms with Crippen molar-refractivity contribution in [2.45, 2.75) is 6.18 Å². The molecule has 20 heavy (non-hydrogen) atoms. The molecule has 1 heterocycles. The molecule has 0 N–H and O–H groups in total. The Hall–Kier alpha value is -2.71. The maximum atomic E-state index is 12.8. The lowest BCUT2D eigenvalue weighted by molar-refractivity contribution is -0.384. The van der Waals surface area contributed by atoms with Gasteiger partial charge in [-0.2, -0.15) is 13.2 Å². The molecule has 6 nitrogen and oxygen atoms in total. The number of aromatic nitrogens is 2. The Bertz CT molecular complexity index is 662. The van der Waals surface area contributed by atoms with E-state index in [0.29, 0.717) is 4.57 Å². The number of rotatable bonds is 3. The lowest BCUT2D eigenvalue weighted by Gasteiger charge is -2.11. The third-order valence-electron chi connectivity index (χ3n) is 2.48. The number of benzene rings is 1. The van der Waals surface area contributed by atoms with E-state index in [0.717, 1.165) is 30.5 Å². The zero-order chi connectivity index (χ0) is 14.9. The van der Waals surface area contributed by atoms with Gasteiger partial charge in [-0.15, -0.1) is 0 Å². The molecule has 2 rings (SSSR count). The molecule has 0 atom stereocenters. The minimum absolute atomic E-state index is 0.0393. The van der Waals surface area contributed by atoms with Crippen molar-refractivity contribution in [1.29, 1.82) is 0 Å². The first-order chi connectivity index (χ1) is 9.34. The fraction of sp³-hybridized carbons (Fsp3) is 0.0909. The molecule has 1 aromatic heterocycles. The minimum atomic E-state index is -4.75. The van der Waals surface area contributed by atoms with Gasteiger partial charge in [0.2, 0.25) is 5.82 Å². The summed E-state index contributed by atoms with van der Waals surface area (Å²) in [5.74, 6) is -1.27. The summed E-state index contributed by atoms with van der Waals surface area (Å²) < 4.78 is 38.9. The van der Waals surface area contributed by atoms with Crippen molar-refractivity contribution in [2.75, 3.05) is 0 Å². The quantitative estimate of drug-likeness (QED) is 0.493. The number of halogens is 3. The molecule has 0 radical (unpaired) electrons. The lowest BCUT2D eigenvalue weighted by atomic mass is 10.2. The molecule has 0 saturated heterocycles. The predicted molar refractivity (Wildman–Crippen MR) is 60.6 cm³/mol. The van der Waals surface area contributed by atoms with Crippen molar-refractivity contribution in [3.8, 4) is 5.69 Å². The van der Waals surface area contributed by atoms with Crippen LogP contribution in [0.2, 0.25) is 0 Å². The third-order valence-corrected chi connectivity index (χ3v) is 2.48. The highest BCUT2D eigenvalue weighted by Crippen LogP contribution is 2.31. The van der Waals surface area contributed by atoms with Gasteiger partial charge in [0.25, 0.3) is 5.69 Å². The van der Waals surface area contributed by atoms with Gasteiger partial charge in [0.1, 0.15) is 5.69 Å². The van der Waals surface area contributed by atoms with Crippen LogP contribution in [0, 0.1) is 10.1 Å². The Labute approximate surface area is 109 Å². The number of hydrogen-bond acceptors (Lipinski definition) is 4. The van der Waals surface area contributed by atoms with Crippen LogP contribution in [0.25, 0.3) is 5.69 Å². The topological polar surface area (TPSA) is 78.0 Å². The molecule has 2 aromatic rings. The van der Waals surface area contributed by atoms with Crippen molar-refractivity contribution in [1.82, 2.24) is 9.55 Å². The standard InChI is InChI=1S/C11H6F3N3O3/c12-11(13,14)10-15-5-9(6-18)16(10)7-1-3-8(4-2-7)17(19)20/h1-6H. The van der Waals surface area contributed by atoms with Gasteiger partial charge in [0.15, 0.2) is 6.29 Å². The number of nitrogens with zero attached hydrogens (tertiary/aromatic N) is 3. The van der Waals surface area contributed by atoms with Gasteiger partial charge < -0.3 is 0 Å². The average molecular weight is 285 g/mol. The fourth-order valence-electron chi connectivity index (χ4n) is 1.64. The smallest absolute Gasteiger partial charge is 0.296 e. The molecular weight excluding hydrogens is 279 g/mol. The largest absolute Gasteiger partial charge is 0.450 e. The van der Waals surface area contributed by atoms with Crippen LogP contribution in [0.5, 0.6) is 0 Å². The summed E-state index contributed by atoms with van der Waals surface area (Å²) in [4.78, 5) is 23.8. The Morgan fingerprint density at radius 2 is 1.85 bits per heavy atom. The molecule has 0 aliphatic rings. The van der Waals surface area contributed by atoms with E-state index in [-0.39, 0.29) is 23.4 Å². The number of hydrogen-bond donors (Lipinski definition) is 0. The van der Waals surface area contributed by atoms with Crippen molar-refractivity contribution in [3.63, 3.8) is 0 Å². The molecule has 1 aromatic carbocycles. The van der Waals surface area contributed by atoms with Crippen LogP contribution in [0.3, 0.4) is 0 Å². The summed E-state index contributed by atoms with van der Waals surface area (Å²) in [5.41, 5.74) is -0.608. The molecule has 0 unspecified atom stereocenters. The van der Waals surface area contributed by atoms with E-state index in [1.54, 1.807) is 0 Å². The van der Waals surface area contributed by atoms with Crippen LogP contribution >= 0.6 is 0 Å². The normalized spacial score (nSPS) is 11.3. The first-order valence-electron chi connectivity index (χ1n) is 5.19. The van der Waals surface area contributed by atoms with Crippen LogP contribution in [0.1, 0.15) is 16.3 Å². The maximum Gasteiger partial charge on any atom is 0.450 e. The summed E-state index contributed by atoms with van der Waals surface area (Å²) >= 11 is 0. The average Bonchev–Trinajstić information content (AvgIpc) is 2.82. The number of carbonyl (C=O) groups is 1.